The second-order valence-electron chi connectivity index (χ2n) is 6.43. The molecule has 0 aliphatic heterocycles. The van der Waals surface area contributed by atoms with Crippen LogP contribution < -0.4 is 9.47 Å². The zero-order chi connectivity index (χ0) is 21.2. The van der Waals surface area contributed by atoms with E-state index in [0.717, 1.165) is 11.1 Å². The van der Waals surface area contributed by atoms with Crippen molar-refractivity contribution in [1.82, 2.24) is 4.98 Å². The smallest absolute Gasteiger partial charge is 0.337 e. The molecule has 30 heavy (non-hydrogen) atoms. The first-order chi connectivity index (χ1) is 14.7. The standard InChI is InChI=1S/C24H23NO5/c1-28-13-14-29-22-11-12-23(30-17-18-5-3-2-4-6-18)19(15-22)7-9-21-10-8-20(16-25-21)24(26)27/h2-12,15-16H,13-14,17H2,1H3,(H,26,27)/b9-7+. The van der Waals surface area contributed by atoms with E-state index in [1.807, 2.05) is 54.6 Å². The van der Waals surface area contributed by atoms with Gasteiger partial charge in [0.2, 0.25) is 0 Å². The van der Waals surface area contributed by atoms with Crippen LogP contribution in [0.4, 0.5) is 0 Å². The summed E-state index contributed by atoms with van der Waals surface area (Å²) in [6.07, 6.45) is 5.00. The van der Waals surface area contributed by atoms with Crippen molar-refractivity contribution < 1.29 is 24.1 Å². The maximum atomic E-state index is 11.0. The summed E-state index contributed by atoms with van der Waals surface area (Å²) in [5.74, 6) is 0.403. The molecule has 0 bridgehead atoms. The predicted molar refractivity (Wildman–Crippen MR) is 115 cm³/mol. The summed E-state index contributed by atoms with van der Waals surface area (Å²) in [5.41, 5.74) is 2.68. The van der Waals surface area contributed by atoms with Crippen LogP contribution in [0.2, 0.25) is 0 Å². The number of rotatable bonds is 10. The number of aromatic carboxylic acids is 1. The van der Waals surface area contributed by atoms with Gasteiger partial charge in [0.15, 0.2) is 0 Å². The molecule has 2 aromatic carbocycles. The molecule has 0 aliphatic carbocycles. The number of carboxylic acids is 1. The number of carboxylic acid groups (broad SMARTS) is 1. The lowest BCUT2D eigenvalue weighted by Crippen LogP contribution is -2.04. The largest absolute Gasteiger partial charge is 0.491 e. The Kier molecular flexibility index (Phi) is 7.58. The summed E-state index contributed by atoms with van der Waals surface area (Å²) in [6.45, 7) is 1.39. The summed E-state index contributed by atoms with van der Waals surface area (Å²) in [7, 11) is 1.63. The Morgan fingerprint density at radius 3 is 2.53 bits per heavy atom. The molecule has 0 aliphatic rings. The summed E-state index contributed by atoms with van der Waals surface area (Å²) < 4.78 is 16.7. The van der Waals surface area contributed by atoms with E-state index in [9.17, 15) is 4.79 Å². The molecule has 0 saturated carbocycles. The molecule has 1 heterocycles. The van der Waals surface area contributed by atoms with Crippen molar-refractivity contribution in [2.45, 2.75) is 6.61 Å². The van der Waals surface area contributed by atoms with Gasteiger partial charge in [-0.15, -0.1) is 0 Å². The topological polar surface area (TPSA) is 77.9 Å². The Hall–Kier alpha value is -3.64. The van der Waals surface area contributed by atoms with Crippen LogP contribution >= 0.6 is 0 Å². The predicted octanol–water partition coefficient (Wildman–Crippen LogP) is 4.55. The van der Waals surface area contributed by atoms with Gasteiger partial charge in [0, 0.05) is 18.9 Å². The van der Waals surface area contributed by atoms with Gasteiger partial charge >= 0.3 is 5.97 Å². The molecule has 0 amide bonds. The van der Waals surface area contributed by atoms with Crippen LogP contribution in [-0.2, 0) is 11.3 Å². The lowest BCUT2D eigenvalue weighted by molar-refractivity contribution is 0.0696. The van der Waals surface area contributed by atoms with Gasteiger partial charge in [-0.1, -0.05) is 30.3 Å². The first kappa shape index (κ1) is 21.1. The number of hydrogen-bond donors (Lipinski definition) is 1. The average Bonchev–Trinajstić information content (AvgIpc) is 2.78. The van der Waals surface area contributed by atoms with E-state index in [0.29, 0.717) is 37.0 Å². The third-order valence-electron chi connectivity index (χ3n) is 4.24. The second kappa shape index (κ2) is 10.8. The van der Waals surface area contributed by atoms with E-state index in [1.54, 1.807) is 19.3 Å². The Morgan fingerprint density at radius 2 is 1.83 bits per heavy atom. The van der Waals surface area contributed by atoms with Gasteiger partial charge in [0.1, 0.15) is 24.7 Å². The third kappa shape index (κ3) is 6.18. The molecule has 0 unspecified atom stereocenters. The normalized spacial score (nSPS) is 10.8. The van der Waals surface area contributed by atoms with Gasteiger partial charge < -0.3 is 19.3 Å². The highest BCUT2D eigenvalue weighted by atomic mass is 16.5. The summed E-state index contributed by atoms with van der Waals surface area (Å²) in [5, 5.41) is 8.99. The molecular formula is C24H23NO5. The molecule has 1 aromatic heterocycles. The van der Waals surface area contributed by atoms with E-state index in [4.69, 9.17) is 19.3 Å². The van der Waals surface area contributed by atoms with Crippen LogP contribution in [0.15, 0.2) is 66.9 Å². The van der Waals surface area contributed by atoms with Crippen molar-refractivity contribution in [3.63, 3.8) is 0 Å². The molecule has 1 N–H and O–H groups in total. The quantitative estimate of drug-likeness (QED) is 0.499. The summed E-state index contributed by atoms with van der Waals surface area (Å²) in [6, 6.07) is 18.7. The Labute approximate surface area is 175 Å². The second-order valence-corrected chi connectivity index (χ2v) is 6.43. The fourth-order valence-corrected chi connectivity index (χ4v) is 2.66. The lowest BCUT2D eigenvalue weighted by Gasteiger charge is -2.12. The van der Waals surface area contributed by atoms with Crippen LogP contribution in [-0.4, -0.2) is 36.4 Å². The fraction of sp³-hybridized carbons (Fsp3) is 0.167. The highest BCUT2D eigenvalue weighted by molar-refractivity contribution is 5.87. The van der Waals surface area contributed by atoms with Gasteiger partial charge in [-0.25, -0.2) is 4.79 Å². The van der Waals surface area contributed by atoms with E-state index in [2.05, 4.69) is 4.98 Å². The SMILES string of the molecule is COCCOc1ccc(OCc2ccccc2)c(/C=C/c2ccc(C(=O)O)cn2)c1. The monoisotopic (exact) mass is 405 g/mol. The van der Waals surface area contributed by atoms with Gasteiger partial charge in [-0.3, -0.25) is 4.98 Å². The first-order valence-electron chi connectivity index (χ1n) is 9.45. The molecule has 154 valence electrons. The van der Waals surface area contributed by atoms with Gasteiger partial charge in [-0.2, -0.15) is 0 Å². The van der Waals surface area contributed by atoms with Crippen molar-refractivity contribution in [3.05, 3.63) is 89.2 Å². The molecule has 0 saturated heterocycles. The number of pyridine rings is 1. The molecule has 6 heteroatoms. The Balaban J connectivity index is 1.79. The fourth-order valence-electron chi connectivity index (χ4n) is 2.66. The third-order valence-corrected chi connectivity index (χ3v) is 4.24. The highest BCUT2D eigenvalue weighted by Gasteiger charge is 2.06. The number of carbonyl (C=O) groups is 1. The number of benzene rings is 2. The Morgan fingerprint density at radius 1 is 1.00 bits per heavy atom. The lowest BCUT2D eigenvalue weighted by atomic mass is 10.1. The maximum absolute atomic E-state index is 11.0. The minimum Gasteiger partial charge on any atom is -0.491 e. The molecule has 0 fully saturated rings. The number of methoxy groups -OCH3 is 1. The Bertz CT molecular complexity index is 984. The van der Waals surface area contributed by atoms with Crippen LogP contribution in [0.5, 0.6) is 11.5 Å². The number of nitrogens with zero attached hydrogens (tertiary/aromatic N) is 1. The summed E-state index contributed by atoms with van der Waals surface area (Å²) in [4.78, 5) is 15.1. The van der Waals surface area contributed by atoms with E-state index in [-0.39, 0.29) is 5.56 Å². The molecule has 0 radical (unpaired) electrons. The zero-order valence-electron chi connectivity index (χ0n) is 16.7. The van der Waals surface area contributed by atoms with Gasteiger partial charge in [0.25, 0.3) is 0 Å². The maximum Gasteiger partial charge on any atom is 0.337 e. The van der Waals surface area contributed by atoms with E-state index < -0.39 is 5.97 Å². The minimum atomic E-state index is -1.00. The van der Waals surface area contributed by atoms with Crippen LogP contribution in [0.3, 0.4) is 0 Å². The molecule has 0 spiro atoms. The van der Waals surface area contributed by atoms with Crippen LogP contribution in [0.25, 0.3) is 12.2 Å². The van der Waals surface area contributed by atoms with Gasteiger partial charge in [-0.05, 0) is 48.0 Å². The number of hydrogen-bond acceptors (Lipinski definition) is 5. The van der Waals surface area contributed by atoms with Crippen LogP contribution in [0.1, 0.15) is 27.2 Å². The molecule has 3 rings (SSSR count). The highest BCUT2D eigenvalue weighted by Crippen LogP contribution is 2.27. The van der Waals surface area contributed by atoms with Crippen LogP contribution in [0, 0.1) is 0 Å². The van der Waals surface area contributed by atoms with Crippen molar-refractivity contribution in [2.24, 2.45) is 0 Å². The molecule has 6 nitrogen and oxygen atoms in total. The molecule has 3 aromatic rings. The van der Waals surface area contributed by atoms with Crippen molar-refractivity contribution >= 4 is 18.1 Å². The first-order valence-corrected chi connectivity index (χ1v) is 9.45. The zero-order valence-corrected chi connectivity index (χ0v) is 16.7. The number of ether oxygens (including phenoxy) is 3. The van der Waals surface area contributed by atoms with Crippen molar-refractivity contribution in [2.75, 3.05) is 20.3 Å². The minimum absolute atomic E-state index is 0.146. The number of aromatic nitrogens is 1. The molecular weight excluding hydrogens is 382 g/mol. The average molecular weight is 405 g/mol. The van der Waals surface area contributed by atoms with Gasteiger partial charge in [0.05, 0.1) is 17.9 Å². The summed E-state index contributed by atoms with van der Waals surface area (Å²) >= 11 is 0. The van der Waals surface area contributed by atoms with E-state index in [1.165, 1.54) is 12.3 Å². The van der Waals surface area contributed by atoms with E-state index >= 15 is 0 Å². The van der Waals surface area contributed by atoms with Crippen molar-refractivity contribution in [3.8, 4) is 11.5 Å². The van der Waals surface area contributed by atoms with Crippen molar-refractivity contribution in [1.29, 1.82) is 0 Å². The molecule has 0 atom stereocenters.